The summed E-state index contributed by atoms with van der Waals surface area (Å²) >= 11 is 6.55. The van der Waals surface area contributed by atoms with Crippen LogP contribution in [0, 0.1) is 11.6 Å². The molecule has 38 heavy (non-hydrogen) atoms. The highest BCUT2D eigenvalue weighted by atomic mass is 35.5. The van der Waals surface area contributed by atoms with Gasteiger partial charge in [0.25, 0.3) is 0 Å². The van der Waals surface area contributed by atoms with E-state index >= 15 is 4.39 Å². The van der Waals surface area contributed by atoms with Gasteiger partial charge in [0.2, 0.25) is 11.9 Å². The molecule has 0 saturated carbocycles. The topological polar surface area (TPSA) is 72.8 Å². The third-order valence-corrected chi connectivity index (χ3v) is 8.04. The fraction of sp³-hybridized carbons (Fsp3) is 0.393. The number of phenolic OH excluding ortho intramolecular Hbond substituents is 1. The number of carbonyl (C=O) groups is 1. The molecule has 0 spiro atoms. The van der Waals surface area contributed by atoms with Gasteiger partial charge in [0.05, 0.1) is 16.3 Å². The van der Waals surface area contributed by atoms with Crippen LogP contribution in [0.3, 0.4) is 0 Å². The molecular weight excluding hydrogens is 512 g/mol. The normalized spacial score (nSPS) is 20.2. The number of piperidine rings is 1. The molecule has 2 aromatic carbocycles. The van der Waals surface area contributed by atoms with E-state index in [9.17, 15) is 14.3 Å². The van der Waals surface area contributed by atoms with Crippen LogP contribution in [0.25, 0.3) is 22.0 Å². The molecule has 3 heterocycles. The second kappa shape index (κ2) is 10.1. The standard InChI is InChI=1S/C28H30ClF2N5O2/c1-5-22(38)36-10-9-16(11-15(36)2)26-18-12-19(29)23(24-20(30)7-6-8-21(24)37)25(31)27(18)33-28(32-26)35-13-17(14-35)34(3)4/h5-8,12,15-17,37H,1,9-11,13-14H2,2-4H3/t15-,16?/m0/s1. The van der Waals surface area contributed by atoms with Gasteiger partial charge in [-0.1, -0.05) is 24.2 Å². The summed E-state index contributed by atoms with van der Waals surface area (Å²) in [6.07, 6.45) is 2.57. The smallest absolute Gasteiger partial charge is 0.246 e. The molecule has 1 unspecified atom stereocenters. The Kier molecular flexibility index (Phi) is 7.00. The van der Waals surface area contributed by atoms with Gasteiger partial charge in [-0.2, -0.15) is 0 Å². The molecule has 3 aromatic rings. The maximum atomic E-state index is 16.2. The van der Waals surface area contributed by atoms with Crippen molar-refractivity contribution in [2.24, 2.45) is 0 Å². The van der Waals surface area contributed by atoms with Crippen molar-refractivity contribution >= 4 is 34.4 Å². The zero-order chi connectivity index (χ0) is 27.3. The molecule has 5 rings (SSSR count). The molecule has 2 atom stereocenters. The summed E-state index contributed by atoms with van der Waals surface area (Å²) in [5, 5.41) is 10.8. The number of halogens is 3. The van der Waals surface area contributed by atoms with Crippen molar-refractivity contribution in [3.63, 3.8) is 0 Å². The monoisotopic (exact) mass is 541 g/mol. The number of fused-ring (bicyclic) bond motifs is 1. The van der Waals surface area contributed by atoms with Gasteiger partial charge in [0.15, 0.2) is 5.82 Å². The van der Waals surface area contributed by atoms with Crippen LogP contribution in [0.2, 0.25) is 5.02 Å². The van der Waals surface area contributed by atoms with Crippen molar-refractivity contribution < 1.29 is 18.7 Å². The minimum atomic E-state index is -0.810. The number of likely N-dealkylation sites (N-methyl/N-ethyl adjacent to an activating group) is 1. The number of aromatic hydroxyl groups is 1. The van der Waals surface area contributed by atoms with Crippen LogP contribution in [0.15, 0.2) is 36.9 Å². The van der Waals surface area contributed by atoms with E-state index in [1.54, 1.807) is 11.0 Å². The highest BCUT2D eigenvalue weighted by molar-refractivity contribution is 6.34. The van der Waals surface area contributed by atoms with Crippen molar-refractivity contribution in [2.75, 3.05) is 38.6 Å². The molecule has 7 nitrogen and oxygen atoms in total. The van der Waals surface area contributed by atoms with Gasteiger partial charge < -0.3 is 19.8 Å². The number of rotatable bonds is 5. The number of benzene rings is 2. The first kappa shape index (κ1) is 26.3. The van der Waals surface area contributed by atoms with E-state index in [1.165, 1.54) is 18.2 Å². The average molecular weight is 542 g/mol. The molecule has 2 aliphatic rings. The largest absolute Gasteiger partial charge is 0.507 e. The summed E-state index contributed by atoms with van der Waals surface area (Å²) in [6, 6.07) is 5.60. The van der Waals surface area contributed by atoms with Crippen LogP contribution in [0.4, 0.5) is 14.7 Å². The molecule has 0 radical (unpaired) electrons. The van der Waals surface area contributed by atoms with Gasteiger partial charge in [-0.15, -0.1) is 0 Å². The molecule has 2 fully saturated rings. The second-order valence-corrected chi connectivity index (χ2v) is 10.7. The lowest BCUT2D eigenvalue weighted by atomic mass is 9.86. The molecular formula is C28H30ClF2N5O2. The quantitative estimate of drug-likeness (QED) is 0.460. The van der Waals surface area contributed by atoms with E-state index < -0.39 is 17.4 Å². The molecule has 0 bridgehead atoms. The Hall–Kier alpha value is -3.30. The fourth-order valence-corrected chi connectivity index (χ4v) is 5.75. The molecule has 1 aromatic heterocycles. The summed E-state index contributed by atoms with van der Waals surface area (Å²) in [6.45, 7) is 7.47. The lowest BCUT2D eigenvalue weighted by Crippen LogP contribution is -2.58. The lowest BCUT2D eigenvalue weighted by Gasteiger charge is -2.43. The predicted octanol–water partition coefficient (Wildman–Crippen LogP) is 4.96. The highest BCUT2D eigenvalue weighted by Gasteiger charge is 2.35. The highest BCUT2D eigenvalue weighted by Crippen LogP contribution is 2.43. The zero-order valence-electron chi connectivity index (χ0n) is 21.6. The van der Waals surface area contributed by atoms with Crippen LogP contribution in [-0.2, 0) is 4.79 Å². The van der Waals surface area contributed by atoms with E-state index in [2.05, 4.69) is 16.5 Å². The molecule has 1 N–H and O–H groups in total. The summed E-state index contributed by atoms with van der Waals surface area (Å²) in [7, 11) is 4.01. The Bertz CT molecular complexity index is 1410. The molecule has 0 aliphatic carbocycles. The third-order valence-electron chi connectivity index (χ3n) is 7.74. The van der Waals surface area contributed by atoms with E-state index in [-0.39, 0.29) is 39.5 Å². The van der Waals surface area contributed by atoms with Gasteiger partial charge >= 0.3 is 0 Å². The molecule has 1 amide bonds. The van der Waals surface area contributed by atoms with Crippen molar-refractivity contribution in [1.82, 2.24) is 19.8 Å². The Labute approximate surface area is 225 Å². The molecule has 2 aliphatic heterocycles. The number of aromatic nitrogens is 2. The minimum absolute atomic E-state index is 0.0256. The number of hydrogen-bond donors (Lipinski definition) is 1. The van der Waals surface area contributed by atoms with E-state index in [1.807, 2.05) is 25.9 Å². The predicted molar refractivity (Wildman–Crippen MR) is 145 cm³/mol. The lowest BCUT2D eigenvalue weighted by molar-refractivity contribution is -0.129. The number of hydrogen-bond acceptors (Lipinski definition) is 6. The van der Waals surface area contributed by atoms with Gasteiger partial charge in [0.1, 0.15) is 17.1 Å². The van der Waals surface area contributed by atoms with Crippen LogP contribution < -0.4 is 4.90 Å². The van der Waals surface area contributed by atoms with E-state index in [4.69, 9.17) is 16.6 Å². The van der Waals surface area contributed by atoms with Crippen molar-refractivity contribution in [2.45, 2.75) is 37.8 Å². The first-order valence-electron chi connectivity index (χ1n) is 12.6. The number of amides is 1. The number of carbonyl (C=O) groups excluding carboxylic acids is 1. The minimum Gasteiger partial charge on any atom is -0.507 e. The van der Waals surface area contributed by atoms with Crippen LogP contribution >= 0.6 is 11.6 Å². The van der Waals surface area contributed by atoms with Gasteiger partial charge in [-0.25, -0.2) is 18.7 Å². The van der Waals surface area contributed by atoms with Crippen LogP contribution in [-0.4, -0.2) is 76.6 Å². The number of phenols is 1. The summed E-state index contributed by atoms with van der Waals surface area (Å²) in [5.74, 6) is -1.81. The number of anilines is 1. The summed E-state index contributed by atoms with van der Waals surface area (Å²) in [4.78, 5) is 27.7. The molecule has 10 heteroatoms. The Morgan fingerprint density at radius 3 is 2.61 bits per heavy atom. The van der Waals surface area contributed by atoms with Crippen molar-refractivity contribution in [1.29, 1.82) is 0 Å². The molecule has 2 saturated heterocycles. The molecule has 200 valence electrons. The van der Waals surface area contributed by atoms with Gasteiger partial charge in [-0.3, -0.25) is 4.79 Å². The number of likely N-dealkylation sites (tertiary alicyclic amines) is 1. The van der Waals surface area contributed by atoms with Crippen LogP contribution in [0.1, 0.15) is 31.4 Å². The van der Waals surface area contributed by atoms with Gasteiger partial charge in [0, 0.05) is 48.6 Å². The zero-order valence-corrected chi connectivity index (χ0v) is 22.3. The SMILES string of the molecule is C=CC(=O)N1CCC(c2nc(N3CC(N(C)C)C3)nc3c(F)c(-c4c(O)cccc4F)c(Cl)cc23)C[C@@H]1C. The van der Waals surface area contributed by atoms with E-state index in [0.717, 1.165) is 6.07 Å². The summed E-state index contributed by atoms with van der Waals surface area (Å²) in [5.41, 5.74) is 0.138. The maximum Gasteiger partial charge on any atom is 0.246 e. The van der Waals surface area contributed by atoms with Crippen molar-refractivity contribution in [3.05, 3.63) is 59.3 Å². The Morgan fingerprint density at radius 1 is 1.24 bits per heavy atom. The first-order chi connectivity index (χ1) is 18.1. The summed E-state index contributed by atoms with van der Waals surface area (Å²) < 4.78 is 31.0. The number of nitrogens with zero attached hydrogens (tertiary/aromatic N) is 5. The van der Waals surface area contributed by atoms with Crippen molar-refractivity contribution in [3.8, 4) is 16.9 Å². The first-order valence-corrected chi connectivity index (χ1v) is 13.0. The maximum absolute atomic E-state index is 16.2. The van der Waals surface area contributed by atoms with E-state index in [0.29, 0.717) is 55.5 Å². The Balaban J connectivity index is 1.65. The Morgan fingerprint density at radius 2 is 1.97 bits per heavy atom. The van der Waals surface area contributed by atoms with Crippen LogP contribution in [0.5, 0.6) is 5.75 Å². The second-order valence-electron chi connectivity index (χ2n) is 10.3. The van der Waals surface area contributed by atoms with Gasteiger partial charge in [-0.05, 0) is 58.1 Å². The third kappa shape index (κ3) is 4.47. The fourth-order valence-electron chi connectivity index (χ4n) is 5.46. The average Bonchev–Trinajstić information content (AvgIpc) is 2.84.